The molecule has 0 spiro atoms. The number of aliphatic hydroxyl groups excluding tert-OH is 1. The number of fused-ring (bicyclic) bond motifs is 6. The number of benzene rings is 2. The van der Waals surface area contributed by atoms with Gasteiger partial charge < -0.3 is 53.8 Å². The zero-order valence-corrected chi connectivity index (χ0v) is 57.3. The second-order valence-corrected chi connectivity index (χ2v) is 23.5. The van der Waals surface area contributed by atoms with Crippen molar-refractivity contribution in [1.82, 2.24) is 15.5 Å². The molecular weight excluding hydrogens is 1280 g/mol. The zero-order valence-electron chi connectivity index (χ0n) is 51.1. The number of hydrogen-bond acceptors (Lipinski definition) is 17. The molecule has 0 aromatic heterocycles. The van der Waals surface area contributed by atoms with Gasteiger partial charge in [-0.1, -0.05) is 67.7 Å². The van der Waals surface area contributed by atoms with Gasteiger partial charge in [0.1, 0.15) is 6.61 Å². The number of amides is 2. The predicted molar refractivity (Wildman–Crippen MR) is 350 cm³/mol. The van der Waals surface area contributed by atoms with E-state index in [4.69, 9.17) is 103 Å². The van der Waals surface area contributed by atoms with Crippen molar-refractivity contribution in [3.05, 3.63) is 90.2 Å². The highest BCUT2D eigenvalue weighted by atomic mass is 35.6. The lowest BCUT2D eigenvalue weighted by Gasteiger charge is -2.23. The van der Waals surface area contributed by atoms with Crippen molar-refractivity contribution in [2.45, 2.75) is 125 Å². The molecule has 0 radical (unpaired) electrons. The summed E-state index contributed by atoms with van der Waals surface area (Å²) in [6.07, 6.45) is 7.56. The molecule has 4 aromatic rings. The van der Waals surface area contributed by atoms with Crippen LogP contribution in [0.3, 0.4) is 0 Å². The van der Waals surface area contributed by atoms with Gasteiger partial charge in [-0.3, -0.25) is 28.8 Å². The van der Waals surface area contributed by atoms with Gasteiger partial charge in [0.2, 0.25) is 28.6 Å². The number of carbonyl (C=O) groups excluding carboxylic acids is 4. The molecule has 2 aliphatic carbocycles. The van der Waals surface area contributed by atoms with E-state index in [-0.39, 0.29) is 59.6 Å². The number of alkyl halides is 5. The second kappa shape index (κ2) is 40.9. The van der Waals surface area contributed by atoms with Crippen LogP contribution in [-0.2, 0) is 50.0 Å². The molecule has 6 rings (SSSR count). The van der Waals surface area contributed by atoms with Gasteiger partial charge in [-0.2, -0.15) is 0 Å². The highest BCUT2D eigenvalue weighted by Gasteiger charge is 2.35. The molecular formula is C61H81Cl6N3O14S2. The number of rotatable bonds is 22. The monoisotopic (exact) mass is 1350 g/mol. The second-order valence-electron chi connectivity index (χ2n) is 18.6. The Morgan fingerprint density at radius 1 is 0.616 bits per heavy atom. The van der Waals surface area contributed by atoms with Crippen molar-refractivity contribution in [2.24, 2.45) is 0 Å². The summed E-state index contributed by atoms with van der Waals surface area (Å²) in [5.74, 6) is 2.53. The fourth-order valence-corrected chi connectivity index (χ4v) is 11.1. The minimum absolute atomic E-state index is 0.0467. The minimum Gasteiger partial charge on any atom is -0.492 e. The molecule has 478 valence electrons. The highest BCUT2D eigenvalue weighted by molar-refractivity contribution is 7.98. The molecule has 0 heterocycles. The van der Waals surface area contributed by atoms with Crippen LogP contribution in [0.25, 0.3) is 22.3 Å². The zero-order chi connectivity index (χ0) is 64.8. The van der Waals surface area contributed by atoms with E-state index in [1.807, 2.05) is 24.6 Å². The topological polar surface area (TPSA) is 215 Å². The smallest absolute Gasteiger partial charge is 0.306 e. The molecule has 2 aliphatic rings. The van der Waals surface area contributed by atoms with Crippen molar-refractivity contribution in [1.29, 1.82) is 0 Å². The first-order valence-corrected chi connectivity index (χ1v) is 32.7. The summed E-state index contributed by atoms with van der Waals surface area (Å²) in [7, 11) is 9.13. The number of nitrogens with zero attached hydrogens (tertiary/aromatic N) is 1. The summed E-state index contributed by atoms with van der Waals surface area (Å²) >= 11 is 33.1. The van der Waals surface area contributed by atoms with E-state index in [0.717, 1.165) is 27.8 Å². The lowest BCUT2D eigenvalue weighted by molar-refractivity contribution is -0.145. The highest BCUT2D eigenvalue weighted by Crippen LogP contribution is 2.54. The van der Waals surface area contributed by atoms with Crippen molar-refractivity contribution in [3.8, 4) is 56.8 Å². The molecule has 17 nitrogen and oxygen atoms in total. The average molecular weight is 1360 g/mol. The Labute approximate surface area is 544 Å². The summed E-state index contributed by atoms with van der Waals surface area (Å²) in [6.45, 7) is 12.7. The van der Waals surface area contributed by atoms with Crippen LogP contribution in [0.4, 0.5) is 0 Å². The minimum atomic E-state index is -0.750. The van der Waals surface area contributed by atoms with Gasteiger partial charge in [0.15, 0.2) is 38.2 Å². The molecule has 86 heavy (non-hydrogen) atoms. The molecule has 2 atom stereocenters. The van der Waals surface area contributed by atoms with Gasteiger partial charge in [0, 0.05) is 60.7 Å². The van der Waals surface area contributed by atoms with Gasteiger partial charge in [-0.15, -0.1) is 46.7 Å². The SMILES string of the molecule is CCN(CC)CC.COc1c(CO)c2c(c(OC)c1OC)-c1ccc(SC)c(=O)cc1[C@H](NC(C)=O)CC2.COc1c(COC(=O)CCCCl)c2c(c(OC)c1OC)-c1ccc(SC)c(=O)cc1[C@H](NC(C)=O)CC2.ClC(Cl)Cl.O=C(Cl)CCCCl. The first-order chi connectivity index (χ1) is 41.1. The quantitative estimate of drug-likeness (QED) is 0.0289. The van der Waals surface area contributed by atoms with Crippen LogP contribution >= 0.6 is 93.1 Å². The van der Waals surface area contributed by atoms with E-state index >= 15 is 0 Å². The first kappa shape index (κ1) is 77.6. The Balaban J connectivity index is 0.000000459. The first-order valence-electron chi connectivity index (χ1n) is 27.4. The normalized spacial score (nSPS) is 13.3. The summed E-state index contributed by atoms with van der Waals surface area (Å²) in [5.41, 5.74) is 6.94. The Morgan fingerprint density at radius 2 is 0.988 bits per heavy atom. The van der Waals surface area contributed by atoms with Crippen LogP contribution in [0.1, 0.15) is 119 Å². The maximum Gasteiger partial charge on any atom is 0.306 e. The lowest BCUT2D eigenvalue weighted by Crippen LogP contribution is -2.26. The van der Waals surface area contributed by atoms with Gasteiger partial charge in [0.05, 0.1) is 71.1 Å². The Morgan fingerprint density at radius 3 is 1.29 bits per heavy atom. The fourth-order valence-electron chi connectivity index (χ4n) is 9.81. The molecule has 2 amide bonds. The summed E-state index contributed by atoms with van der Waals surface area (Å²) in [5, 5.41) is 15.9. The summed E-state index contributed by atoms with van der Waals surface area (Å²) in [6, 6.07) is 9.67. The number of nitrogens with one attached hydrogen (secondary N) is 2. The molecule has 25 heteroatoms. The van der Waals surface area contributed by atoms with Crippen LogP contribution < -0.4 is 49.9 Å². The third-order valence-electron chi connectivity index (χ3n) is 13.6. The van der Waals surface area contributed by atoms with Crippen molar-refractivity contribution in [2.75, 3.05) is 86.6 Å². The number of methoxy groups -OCH3 is 6. The number of hydrogen-bond donors (Lipinski definition) is 3. The Bertz CT molecular complexity index is 3010. The maximum absolute atomic E-state index is 13.0. The van der Waals surface area contributed by atoms with Crippen LogP contribution in [-0.4, -0.2) is 124 Å². The van der Waals surface area contributed by atoms with E-state index < -0.39 is 10.3 Å². The fraction of sp³-hybridized carbons (Fsp3) is 0.508. The standard InChI is InChI=1S/C27H32ClNO7S.C23H27NO6S.C6H15N.C4H6Cl2O.CHCl3/c1-15(30)29-20-10-8-17-19(14-36-23(32)7-6-12-28)25(33-2)27(35-4)26(34-3)24(17)16-9-11-22(37-5)21(31)13-18(16)20;1-12(26)24-17-8-6-14-16(11-25)21(28-2)23(30-4)22(29-3)20(14)13-7-9-19(31-5)18(27)10-15(13)17;1-4-7(5-2)6-3;5-3-1-2-4(6)7;2-1(3)4/h9,11,13,20H,6-8,10,12,14H2,1-5H3,(H,29,30);7,9-10,17,25H,6,8,11H2,1-5H3,(H,24,26);4-6H2,1-3H3;1-3H2;1H/t20-;17-;;;/m11.../s1. The van der Waals surface area contributed by atoms with Crippen LogP contribution in [0, 0.1) is 0 Å². The van der Waals surface area contributed by atoms with Crippen LogP contribution in [0.5, 0.6) is 34.5 Å². The van der Waals surface area contributed by atoms with Crippen LogP contribution in [0.15, 0.2) is 55.8 Å². The van der Waals surface area contributed by atoms with E-state index in [9.17, 15) is 33.9 Å². The van der Waals surface area contributed by atoms with Gasteiger partial charge >= 0.3 is 5.97 Å². The summed E-state index contributed by atoms with van der Waals surface area (Å²) < 4.78 is 39.1. The predicted octanol–water partition coefficient (Wildman–Crippen LogP) is 12.8. The summed E-state index contributed by atoms with van der Waals surface area (Å²) in [4.78, 5) is 75.7. The van der Waals surface area contributed by atoms with Crippen molar-refractivity contribution < 1.29 is 57.4 Å². The van der Waals surface area contributed by atoms with Crippen molar-refractivity contribution >= 4 is 116 Å². The average Bonchev–Trinajstić information content (AvgIpc) is 1.50. The third kappa shape index (κ3) is 22.2. The molecule has 0 saturated heterocycles. The molecule has 3 N–H and O–H groups in total. The maximum atomic E-state index is 13.0. The largest absolute Gasteiger partial charge is 0.492 e. The van der Waals surface area contributed by atoms with Crippen LogP contribution in [0.2, 0.25) is 0 Å². The molecule has 0 saturated carbocycles. The van der Waals surface area contributed by atoms with Gasteiger partial charge in [-0.05, 0) is 140 Å². The van der Waals surface area contributed by atoms with E-state index in [1.165, 1.54) is 92.6 Å². The van der Waals surface area contributed by atoms with E-state index in [0.29, 0.717) is 129 Å². The Hall–Kier alpha value is -4.54. The van der Waals surface area contributed by atoms with Gasteiger partial charge in [0.25, 0.3) is 0 Å². The van der Waals surface area contributed by atoms with E-state index in [2.05, 4.69) is 36.3 Å². The number of ether oxygens (including phenoxy) is 7. The molecule has 0 aliphatic heterocycles. The number of halogens is 6. The Kier molecular flexibility index (Phi) is 36.9. The van der Waals surface area contributed by atoms with E-state index in [1.54, 1.807) is 31.4 Å². The third-order valence-corrected chi connectivity index (χ3v) is 15.9. The van der Waals surface area contributed by atoms with Crippen molar-refractivity contribution in [3.63, 3.8) is 0 Å². The number of aliphatic hydroxyl groups is 1. The number of thioether (sulfide) groups is 2. The lowest BCUT2D eigenvalue weighted by atomic mass is 9.91. The number of carbonyl (C=O) groups is 4. The number of esters is 1. The molecule has 0 unspecified atom stereocenters. The molecule has 0 fully saturated rings. The molecule has 0 bridgehead atoms. The molecule has 4 aromatic carbocycles. The van der Waals surface area contributed by atoms with Gasteiger partial charge in [-0.25, -0.2) is 0 Å².